The molecule has 0 aromatic heterocycles. The molecular formula is C13H29NO2S. The van der Waals surface area contributed by atoms with E-state index in [4.69, 9.17) is 0 Å². The van der Waals surface area contributed by atoms with Crippen molar-refractivity contribution in [2.45, 2.75) is 52.7 Å². The van der Waals surface area contributed by atoms with E-state index in [0.29, 0.717) is 17.6 Å². The fourth-order valence-electron chi connectivity index (χ4n) is 1.50. The van der Waals surface area contributed by atoms with Gasteiger partial charge in [-0.2, -0.15) is 0 Å². The van der Waals surface area contributed by atoms with Crippen LogP contribution >= 0.6 is 0 Å². The van der Waals surface area contributed by atoms with Crippen molar-refractivity contribution in [2.75, 3.05) is 18.8 Å². The molecule has 1 N–H and O–H groups in total. The molecule has 4 heteroatoms. The lowest BCUT2D eigenvalue weighted by Crippen LogP contribution is -2.32. The summed E-state index contributed by atoms with van der Waals surface area (Å²) in [5.41, 5.74) is 0. The highest BCUT2D eigenvalue weighted by Crippen LogP contribution is 2.21. The van der Waals surface area contributed by atoms with Gasteiger partial charge in [-0.1, -0.05) is 20.8 Å². The highest BCUT2D eigenvalue weighted by atomic mass is 32.2. The van der Waals surface area contributed by atoms with Crippen LogP contribution in [0.2, 0.25) is 0 Å². The SMILES string of the molecule is CCNCC(C)C(C)CCS(=O)(=O)C(C)(C)C. The fourth-order valence-corrected chi connectivity index (χ4v) is 2.80. The summed E-state index contributed by atoms with van der Waals surface area (Å²) in [7, 11) is -2.97. The van der Waals surface area contributed by atoms with Crippen LogP contribution in [-0.4, -0.2) is 32.0 Å². The highest BCUT2D eigenvalue weighted by molar-refractivity contribution is 7.92. The molecule has 0 radical (unpaired) electrons. The summed E-state index contributed by atoms with van der Waals surface area (Å²) in [6.45, 7) is 13.7. The third kappa shape index (κ3) is 5.87. The minimum absolute atomic E-state index is 0.300. The summed E-state index contributed by atoms with van der Waals surface area (Å²) < 4.78 is 23.3. The van der Waals surface area contributed by atoms with Gasteiger partial charge in [0.25, 0.3) is 0 Å². The summed E-state index contributed by atoms with van der Waals surface area (Å²) in [5, 5.41) is 3.31. The van der Waals surface area contributed by atoms with Crippen molar-refractivity contribution in [1.82, 2.24) is 5.32 Å². The molecule has 104 valence electrons. The number of hydrogen-bond donors (Lipinski definition) is 1. The minimum atomic E-state index is -2.97. The van der Waals surface area contributed by atoms with E-state index >= 15 is 0 Å². The van der Waals surface area contributed by atoms with Gasteiger partial charge in [-0.25, -0.2) is 8.42 Å². The predicted molar refractivity (Wildman–Crippen MR) is 75.0 cm³/mol. The zero-order chi connectivity index (χ0) is 13.7. The lowest BCUT2D eigenvalue weighted by Gasteiger charge is -2.23. The maximum absolute atomic E-state index is 12.0. The fraction of sp³-hybridized carbons (Fsp3) is 1.00. The van der Waals surface area contributed by atoms with Gasteiger partial charge in [-0.05, 0) is 52.1 Å². The van der Waals surface area contributed by atoms with Crippen molar-refractivity contribution in [1.29, 1.82) is 0 Å². The van der Waals surface area contributed by atoms with Gasteiger partial charge in [0.1, 0.15) is 0 Å². The smallest absolute Gasteiger partial charge is 0.155 e. The number of sulfone groups is 1. The van der Waals surface area contributed by atoms with E-state index in [1.165, 1.54) is 0 Å². The first-order valence-corrected chi connectivity index (χ1v) is 8.20. The molecular weight excluding hydrogens is 234 g/mol. The molecule has 0 saturated carbocycles. The Morgan fingerprint density at radius 1 is 1.12 bits per heavy atom. The third-order valence-electron chi connectivity index (χ3n) is 3.46. The van der Waals surface area contributed by atoms with Crippen LogP contribution in [-0.2, 0) is 9.84 Å². The van der Waals surface area contributed by atoms with Crippen molar-refractivity contribution < 1.29 is 8.42 Å². The van der Waals surface area contributed by atoms with E-state index in [0.717, 1.165) is 19.5 Å². The van der Waals surface area contributed by atoms with Crippen molar-refractivity contribution in [2.24, 2.45) is 11.8 Å². The number of hydrogen-bond acceptors (Lipinski definition) is 3. The molecule has 2 atom stereocenters. The molecule has 0 saturated heterocycles. The molecule has 0 rings (SSSR count). The quantitative estimate of drug-likeness (QED) is 0.767. The van der Waals surface area contributed by atoms with Gasteiger partial charge in [0.15, 0.2) is 9.84 Å². The van der Waals surface area contributed by atoms with E-state index in [1.54, 1.807) is 20.8 Å². The van der Waals surface area contributed by atoms with Crippen LogP contribution in [0, 0.1) is 11.8 Å². The van der Waals surface area contributed by atoms with Crippen LogP contribution in [0.5, 0.6) is 0 Å². The maximum Gasteiger partial charge on any atom is 0.155 e. The first-order chi connectivity index (χ1) is 7.62. The molecule has 0 fully saturated rings. The van der Waals surface area contributed by atoms with E-state index in [1.807, 2.05) is 0 Å². The zero-order valence-electron chi connectivity index (χ0n) is 12.2. The summed E-state index contributed by atoms with van der Waals surface area (Å²) >= 11 is 0. The largest absolute Gasteiger partial charge is 0.317 e. The van der Waals surface area contributed by atoms with Gasteiger partial charge in [-0.3, -0.25) is 0 Å². The lowest BCUT2D eigenvalue weighted by atomic mass is 9.93. The van der Waals surface area contributed by atoms with E-state index in [2.05, 4.69) is 26.1 Å². The van der Waals surface area contributed by atoms with Crippen LogP contribution < -0.4 is 5.32 Å². The van der Waals surface area contributed by atoms with Gasteiger partial charge in [0, 0.05) is 0 Å². The van der Waals surface area contributed by atoms with Crippen molar-refractivity contribution >= 4 is 9.84 Å². The second-order valence-corrected chi connectivity index (χ2v) is 8.84. The van der Waals surface area contributed by atoms with E-state index < -0.39 is 14.6 Å². The molecule has 3 nitrogen and oxygen atoms in total. The predicted octanol–water partition coefficient (Wildman–Crippen LogP) is 2.47. The third-order valence-corrected chi connectivity index (χ3v) is 6.10. The molecule has 0 aliphatic carbocycles. The zero-order valence-corrected chi connectivity index (χ0v) is 13.0. The Labute approximate surface area is 107 Å². The molecule has 0 aromatic carbocycles. The summed E-state index contributed by atoms with van der Waals surface area (Å²) in [5.74, 6) is 1.25. The van der Waals surface area contributed by atoms with Crippen molar-refractivity contribution in [3.8, 4) is 0 Å². The molecule has 0 bridgehead atoms. The first kappa shape index (κ1) is 16.9. The molecule has 0 amide bonds. The van der Waals surface area contributed by atoms with Crippen LogP contribution in [0.3, 0.4) is 0 Å². The Kier molecular flexibility index (Phi) is 6.70. The molecule has 0 aliphatic heterocycles. The van der Waals surface area contributed by atoms with Crippen LogP contribution in [0.25, 0.3) is 0 Å². The Morgan fingerprint density at radius 2 is 1.65 bits per heavy atom. The molecule has 0 aliphatic rings. The average Bonchev–Trinajstić information content (AvgIpc) is 2.20. The van der Waals surface area contributed by atoms with Crippen LogP contribution in [0.15, 0.2) is 0 Å². The van der Waals surface area contributed by atoms with Crippen LogP contribution in [0.4, 0.5) is 0 Å². The van der Waals surface area contributed by atoms with Gasteiger partial charge in [0.05, 0.1) is 10.5 Å². The van der Waals surface area contributed by atoms with E-state index in [9.17, 15) is 8.42 Å². The second-order valence-electron chi connectivity index (χ2n) is 5.98. The summed E-state index contributed by atoms with van der Waals surface area (Å²) in [6, 6.07) is 0. The lowest BCUT2D eigenvalue weighted by molar-refractivity contribution is 0.360. The summed E-state index contributed by atoms with van der Waals surface area (Å²) in [6.07, 6.45) is 0.756. The second kappa shape index (κ2) is 6.74. The van der Waals surface area contributed by atoms with Gasteiger partial charge in [-0.15, -0.1) is 0 Å². The van der Waals surface area contributed by atoms with Crippen LogP contribution in [0.1, 0.15) is 48.0 Å². The Hall–Kier alpha value is -0.0900. The van der Waals surface area contributed by atoms with E-state index in [-0.39, 0.29) is 0 Å². The molecule has 0 heterocycles. The maximum atomic E-state index is 12.0. The molecule has 0 spiro atoms. The highest BCUT2D eigenvalue weighted by Gasteiger charge is 2.29. The molecule has 17 heavy (non-hydrogen) atoms. The first-order valence-electron chi connectivity index (χ1n) is 6.54. The summed E-state index contributed by atoms with van der Waals surface area (Å²) in [4.78, 5) is 0. The molecule has 2 unspecified atom stereocenters. The van der Waals surface area contributed by atoms with Gasteiger partial charge >= 0.3 is 0 Å². The van der Waals surface area contributed by atoms with Crippen molar-refractivity contribution in [3.05, 3.63) is 0 Å². The Balaban J connectivity index is 4.21. The minimum Gasteiger partial charge on any atom is -0.317 e. The topological polar surface area (TPSA) is 46.2 Å². The van der Waals surface area contributed by atoms with Crippen molar-refractivity contribution in [3.63, 3.8) is 0 Å². The standard InChI is InChI=1S/C13H29NO2S/c1-7-14-10-12(3)11(2)8-9-17(15,16)13(4,5)6/h11-12,14H,7-10H2,1-6H3. The van der Waals surface area contributed by atoms with Gasteiger partial charge < -0.3 is 5.32 Å². The Morgan fingerprint density at radius 3 is 2.06 bits per heavy atom. The normalized spacial score (nSPS) is 16.8. The monoisotopic (exact) mass is 263 g/mol. The molecule has 0 aromatic rings. The number of rotatable bonds is 7. The number of nitrogens with one attached hydrogen (secondary N) is 1. The average molecular weight is 263 g/mol. The Bertz CT molecular complexity index is 304. The van der Waals surface area contributed by atoms with Gasteiger partial charge in [0.2, 0.25) is 0 Å².